The van der Waals surface area contributed by atoms with Crippen LogP contribution < -0.4 is 16.2 Å². The van der Waals surface area contributed by atoms with Crippen molar-refractivity contribution in [3.05, 3.63) is 46.6 Å². The summed E-state index contributed by atoms with van der Waals surface area (Å²) in [5.74, 6) is 0.408. The number of ether oxygens (including phenoxy) is 1. The Morgan fingerprint density at radius 1 is 1.39 bits per heavy atom. The van der Waals surface area contributed by atoms with Gasteiger partial charge in [-0.1, -0.05) is 0 Å². The maximum Gasteiger partial charge on any atom is 0.333 e. The molecule has 1 saturated heterocycles. The highest BCUT2D eigenvalue weighted by Crippen LogP contribution is 2.23. The van der Waals surface area contributed by atoms with Crippen molar-refractivity contribution >= 4 is 17.5 Å². The van der Waals surface area contributed by atoms with E-state index in [9.17, 15) is 10.1 Å². The summed E-state index contributed by atoms with van der Waals surface area (Å²) in [6.45, 7) is 3.07. The van der Waals surface area contributed by atoms with Crippen LogP contribution in [-0.2, 0) is 4.74 Å². The standard InChI is InChI=1S/C13H16N6O4/c20-19(21)11-2-6-23-12(11)16-17-13-14-3-1-10(15-13)9-18-4-7-22-8-5-18/h1-3,6,9,16H,4-5,7-8H2,(H2,14,15,17). The van der Waals surface area contributed by atoms with E-state index in [0.29, 0.717) is 19.2 Å². The van der Waals surface area contributed by atoms with Crippen molar-refractivity contribution in [2.24, 2.45) is 4.99 Å². The van der Waals surface area contributed by atoms with Crippen LogP contribution in [0.4, 0.5) is 11.6 Å². The number of nitro groups is 1. The molecule has 0 saturated carbocycles. The quantitative estimate of drug-likeness (QED) is 0.549. The number of furan rings is 1. The number of hydrogen-bond donors (Lipinski definition) is 3. The zero-order chi connectivity index (χ0) is 16.1. The Kier molecular flexibility index (Phi) is 4.43. The predicted octanol–water partition coefficient (Wildman–Crippen LogP) is 0.751. The molecule has 10 nitrogen and oxygen atoms in total. The SMILES string of the molecule is O=[N+]([O-])c1ccoc1NNC1=NC=CC(=CN2CCOCC2)N1. The minimum Gasteiger partial charge on any atom is -0.442 e. The maximum atomic E-state index is 10.8. The molecule has 1 aromatic rings. The molecular weight excluding hydrogens is 304 g/mol. The fraction of sp³-hybridized carbons (Fsp3) is 0.308. The van der Waals surface area contributed by atoms with Gasteiger partial charge < -0.3 is 19.4 Å². The van der Waals surface area contributed by atoms with Gasteiger partial charge in [0.1, 0.15) is 6.26 Å². The summed E-state index contributed by atoms with van der Waals surface area (Å²) in [5.41, 5.74) is 6.05. The number of hydrogen-bond acceptors (Lipinski definition) is 9. The first kappa shape index (κ1) is 14.9. The number of nitrogens with one attached hydrogen (secondary N) is 3. The van der Waals surface area contributed by atoms with E-state index in [1.165, 1.54) is 12.3 Å². The monoisotopic (exact) mass is 320 g/mol. The molecule has 0 bridgehead atoms. The number of morpholine rings is 1. The molecule has 0 unspecified atom stereocenters. The van der Waals surface area contributed by atoms with Crippen molar-refractivity contribution in [3.63, 3.8) is 0 Å². The van der Waals surface area contributed by atoms with E-state index in [-0.39, 0.29) is 11.6 Å². The highest BCUT2D eigenvalue weighted by molar-refractivity contribution is 5.84. The van der Waals surface area contributed by atoms with Gasteiger partial charge in [-0.05, 0) is 6.08 Å². The second-order valence-corrected chi connectivity index (χ2v) is 4.79. The molecule has 3 N–H and O–H groups in total. The van der Waals surface area contributed by atoms with Crippen LogP contribution in [0.1, 0.15) is 0 Å². The first-order valence-corrected chi connectivity index (χ1v) is 7.01. The summed E-state index contributed by atoms with van der Waals surface area (Å²) in [4.78, 5) is 16.5. The Morgan fingerprint density at radius 2 is 2.22 bits per heavy atom. The van der Waals surface area contributed by atoms with Crippen molar-refractivity contribution in [2.45, 2.75) is 0 Å². The molecule has 0 aliphatic carbocycles. The van der Waals surface area contributed by atoms with E-state index in [4.69, 9.17) is 9.15 Å². The molecule has 0 aromatic carbocycles. The van der Waals surface area contributed by atoms with Gasteiger partial charge in [0.05, 0.1) is 29.9 Å². The topological polar surface area (TPSA) is 117 Å². The third-order valence-electron chi connectivity index (χ3n) is 3.22. The fourth-order valence-corrected chi connectivity index (χ4v) is 2.10. The Balaban J connectivity index is 1.57. The van der Waals surface area contributed by atoms with E-state index in [1.54, 1.807) is 6.20 Å². The molecule has 0 spiro atoms. The minimum absolute atomic E-state index is 0.00719. The summed E-state index contributed by atoms with van der Waals surface area (Å²) in [7, 11) is 0. The lowest BCUT2D eigenvalue weighted by Gasteiger charge is -2.26. The summed E-state index contributed by atoms with van der Waals surface area (Å²) < 4.78 is 10.3. The lowest BCUT2D eigenvalue weighted by molar-refractivity contribution is -0.384. The normalized spacial score (nSPS) is 19.2. The molecule has 0 radical (unpaired) electrons. The van der Waals surface area contributed by atoms with Gasteiger partial charge >= 0.3 is 5.69 Å². The van der Waals surface area contributed by atoms with Crippen molar-refractivity contribution in [1.29, 1.82) is 0 Å². The Bertz CT molecular complexity index is 659. The zero-order valence-corrected chi connectivity index (χ0v) is 12.2. The summed E-state index contributed by atoms with van der Waals surface area (Å²) >= 11 is 0. The second-order valence-electron chi connectivity index (χ2n) is 4.79. The number of hydrazine groups is 1. The molecule has 0 amide bonds. The van der Waals surface area contributed by atoms with Crippen LogP contribution in [0.25, 0.3) is 0 Å². The smallest absolute Gasteiger partial charge is 0.333 e. The van der Waals surface area contributed by atoms with Crippen LogP contribution in [0, 0.1) is 10.1 Å². The van der Waals surface area contributed by atoms with Gasteiger partial charge in [0, 0.05) is 25.5 Å². The molecule has 122 valence electrons. The molecule has 3 rings (SSSR count). The first-order valence-electron chi connectivity index (χ1n) is 7.01. The van der Waals surface area contributed by atoms with Crippen molar-refractivity contribution < 1.29 is 14.1 Å². The number of anilines is 1. The molecule has 0 atom stereocenters. The third-order valence-corrected chi connectivity index (χ3v) is 3.22. The highest BCUT2D eigenvalue weighted by Gasteiger charge is 2.17. The predicted molar refractivity (Wildman–Crippen MR) is 82.3 cm³/mol. The number of guanidine groups is 1. The molecular formula is C13H16N6O4. The molecule has 3 heterocycles. The minimum atomic E-state index is -0.534. The third kappa shape index (κ3) is 3.80. The van der Waals surface area contributed by atoms with Crippen LogP contribution in [0.3, 0.4) is 0 Å². The van der Waals surface area contributed by atoms with Crippen LogP contribution in [0.5, 0.6) is 0 Å². The van der Waals surface area contributed by atoms with Gasteiger partial charge in [0.15, 0.2) is 0 Å². The van der Waals surface area contributed by atoms with E-state index in [2.05, 4.69) is 26.1 Å². The summed E-state index contributed by atoms with van der Waals surface area (Å²) in [6.07, 6.45) is 6.67. The summed E-state index contributed by atoms with van der Waals surface area (Å²) in [5, 5.41) is 13.9. The maximum absolute atomic E-state index is 10.8. The molecule has 2 aliphatic heterocycles. The van der Waals surface area contributed by atoms with Crippen molar-refractivity contribution in [3.8, 4) is 0 Å². The van der Waals surface area contributed by atoms with Gasteiger partial charge in [0.2, 0.25) is 5.96 Å². The van der Waals surface area contributed by atoms with E-state index >= 15 is 0 Å². The Labute approximate surface area is 131 Å². The first-order chi connectivity index (χ1) is 11.2. The van der Waals surface area contributed by atoms with E-state index < -0.39 is 4.92 Å². The average molecular weight is 320 g/mol. The molecule has 10 heteroatoms. The molecule has 23 heavy (non-hydrogen) atoms. The lowest BCUT2D eigenvalue weighted by atomic mass is 10.3. The van der Waals surface area contributed by atoms with Gasteiger partial charge in [-0.15, -0.1) is 0 Å². The summed E-state index contributed by atoms with van der Waals surface area (Å²) in [6, 6.07) is 1.27. The van der Waals surface area contributed by atoms with Crippen LogP contribution in [0.2, 0.25) is 0 Å². The van der Waals surface area contributed by atoms with E-state index in [1.807, 2.05) is 12.3 Å². The average Bonchev–Trinajstić information content (AvgIpc) is 3.03. The van der Waals surface area contributed by atoms with Crippen LogP contribution in [-0.4, -0.2) is 42.1 Å². The van der Waals surface area contributed by atoms with Gasteiger partial charge in [-0.3, -0.25) is 21.0 Å². The van der Waals surface area contributed by atoms with Crippen molar-refractivity contribution in [1.82, 2.24) is 15.6 Å². The highest BCUT2D eigenvalue weighted by atomic mass is 16.6. The zero-order valence-electron chi connectivity index (χ0n) is 12.2. The van der Waals surface area contributed by atoms with Crippen molar-refractivity contribution in [2.75, 3.05) is 31.7 Å². The number of nitrogens with zero attached hydrogens (tertiary/aromatic N) is 3. The number of allylic oxidation sites excluding steroid dienone is 1. The van der Waals surface area contributed by atoms with Gasteiger partial charge in [-0.25, -0.2) is 4.99 Å². The van der Waals surface area contributed by atoms with Gasteiger partial charge in [0.25, 0.3) is 5.88 Å². The van der Waals surface area contributed by atoms with Crippen LogP contribution in [0.15, 0.2) is 45.9 Å². The fourth-order valence-electron chi connectivity index (χ4n) is 2.10. The van der Waals surface area contributed by atoms with Crippen LogP contribution >= 0.6 is 0 Å². The Morgan fingerprint density at radius 3 is 3.00 bits per heavy atom. The largest absolute Gasteiger partial charge is 0.442 e. The molecule has 1 fully saturated rings. The molecule has 1 aromatic heterocycles. The number of aliphatic imine (C=N–C) groups is 1. The number of rotatable bonds is 4. The Hall–Kier alpha value is -3.01. The molecule has 2 aliphatic rings. The van der Waals surface area contributed by atoms with Gasteiger partial charge in [-0.2, -0.15) is 0 Å². The lowest BCUT2D eigenvalue weighted by Crippen LogP contribution is -2.41. The second kappa shape index (κ2) is 6.83. The van der Waals surface area contributed by atoms with E-state index in [0.717, 1.165) is 18.8 Å².